The number of carbonyl (C=O) groups excluding carboxylic acids is 1. The van der Waals surface area contributed by atoms with Gasteiger partial charge in [0.05, 0.1) is 9.75 Å². The number of halogens is 1. The zero-order valence-corrected chi connectivity index (χ0v) is 11.6. The van der Waals surface area contributed by atoms with Gasteiger partial charge in [0.25, 0.3) is 0 Å². The largest absolute Gasteiger partial charge is 0.287 e. The Kier molecular flexibility index (Phi) is 3.09. The Bertz CT molecular complexity index is 510. The maximum atomic E-state index is 12.2. The molecule has 0 radical (unpaired) electrons. The quantitative estimate of drug-likeness (QED) is 0.750. The van der Waals surface area contributed by atoms with E-state index < -0.39 is 0 Å². The van der Waals surface area contributed by atoms with Gasteiger partial charge in [-0.25, -0.2) is 0 Å². The summed E-state index contributed by atoms with van der Waals surface area (Å²) >= 11 is 6.44. The predicted octanol–water partition coefficient (Wildman–Crippen LogP) is 4.42. The highest BCUT2D eigenvalue weighted by molar-refractivity contribution is 9.10. The van der Waals surface area contributed by atoms with E-state index in [2.05, 4.69) is 22.0 Å². The van der Waals surface area contributed by atoms with Crippen LogP contribution in [0.25, 0.3) is 0 Å². The second kappa shape index (κ2) is 4.20. The average molecular weight is 301 g/mol. The monoisotopic (exact) mass is 300 g/mol. The molecule has 0 atom stereocenters. The second-order valence-electron chi connectivity index (χ2n) is 3.30. The topological polar surface area (TPSA) is 17.1 Å². The third kappa shape index (κ3) is 2.07. The van der Waals surface area contributed by atoms with E-state index in [1.165, 1.54) is 16.2 Å². The minimum Gasteiger partial charge on any atom is -0.287 e. The first-order valence-corrected chi connectivity index (χ1v) is 6.93. The first-order chi connectivity index (χ1) is 7.09. The maximum absolute atomic E-state index is 12.2. The minimum atomic E-state index is 0.132. The molecular weight excluding hydrogens is 292 g/mol. The van der Waals surface area contributed by atoms with E-state index in [1.54, 1.807) is 11.3 Å². The number of hydrogen-bond acceptors (Lipinski definition) is 3. The van der Waals surface area contributed by atoms with Gasteiger partial charge in [-0.3, -0.25) is 4.79 Å². The van der Waals surface area contributed by atoms with Crippen molar-refractivity contribution in [2.24, 2.45) is 0 Å². The lowest BCUT2D eigenvalue weighted by Gasteiger charge is -1.96. The summed E-state index contributed by atoms with van der Waals surface area (Å²) in [6.07, 6.45) is 0. The molecule has 0 spiro atoms. The lowest BCUT2D eigenvalue weighted by molar-refractivity contribution is 0.104. The molecule has 0 fully saturated rings. The fourth-order valence-corrected chi connectivity index (χ4v) is 3.96. The lowest BCUT2D eigenvalue weighted by atomic mass is 10.2. The summed E-state index contributed by atoms with van der Waals surface area (Å²) in [5.41, 5.74) is 1.07. The molecule has 78 valence electrons. The third-order valence-electron chi connectivity index (χ3n) is 2.07. The van der Waals surface area contributed by atoms with Crippen molar-refractivity contribution in [3.8, 4) is 0 Å². The van der Waals surface area contributed by atoms with Gasteiger partial charge in [-0.2, -0.15) is 0 Å². The van der Waals surface area contributed by atoms with Crippen molar-refractivity contribution in [3.05, 3.63) is 42.2 Å². The van der Waals surface area contributed by atoms with Crippen LogP contribution in [0.1, 0.15) is 25.0 Å². The molecule has 0 aliphatic rings. The van der Waals surface area contributed by atoms with Gasteiger partial charge in [0, 0.05) is 9.35 Å². The smallest absolute Gasteiger partial charge is 0.214 e. The Morgan fingerprint density at radius 2 is 2.07 bits per heavy atom. The van der Waals surface area contributed by atoms with Gasteiger partial charge >= 0.3 is 0 Å². The lowest BCUT2D eigenvalue weighted by Crippen LogP contribution is -1.97. The van der Waals surface area contributed by atoms with Crippen LogP contribution in [0, 0.1) is 13.8 Å². The summed E-state index contributed by atoms with van der Waals surface area (Å²) in [6.45, 7) is 4.01. The van der Waals surface area contributed by atoms with Crippen molar-refractivity contribution < 1.29 is 4.79 Å². The van der Waals surface area contributed by atoms with Crippen LogP contribution in [0.15, 0.2) is 22.0 Å². The third-order valence-corrected chi connectivity index (χ3v) is 5.06. The molecule has 0 aliphatic heterocycles. The Hall–Kier alpha value is -0.450. The Morgan fingerprint density at radius 3 is 2.53 bits per heavy atom. The molecule has 0 saturated heterocycles. The van der Waals surface area contributed by atoms with Gasteiger partial charge in [0.15, 0.2) is 0 Å². The van der Waals surface area contributed by atoms with Crippen LogP contribution in [-0.2, 0) is 0 Å². The van der Waals surface area contributed by atoms with Crippen molar-refractivity contribution in [3.63, 3.8) is 0 Å². The summed E-state index contributed by atoms with van der Waals surface area (Å²) < 4.78 is 0.892. The van der Waals surface area contributed by atoms with Crippen LogP contribution < -0.4 is 0 Å². The zero-order chi connectivity index (χ0) is 11.0. The highest BCUT2D eigenvalue weighted by atomic mass is 79.9. The molecule has 15 heavy (non-hydrogen) atoms. The molecule has 0 bridgehead atoms. The maximum Gasteiger partial charge on any atom is 0.214 e. The van der Waals surface area contributed by atoms with Crippen molar-refractivity contribution in [2.45, 2.75) is 13.8 Å². The molecule has 2 rings (SSSR count). The standard InChI is InChI=1S/C11H9BrOS2/c1-6-5-7(2)15-10(6)9(13)11-8(12)3-4-14-11/h3-5H,1-2H3. The molecule has 0 N–H and O–H groups in total. The van der Waals surface area contributed by atoms with Crippen LogP contribution in [0.2, 0.25) is 0 Å². The van der Waals surface area contributed by atoms with E-state index in [4.69, 9.17) is 0 Å². The summed E-state index contributed by atoms with van der Waals surface area (Å²) in [5, 5.41) is 1.92. The van der Waals surface area contributed by atoms with Crippen LogP contribution in [0.3, 0.4) is 0 Å². The van der Waals surface area contributed by atoms with E-state index >= 15 is 0 Å². The Balaban J connectivity index is 2.45. The molecular formula is C11H9BrOS2. The number of aryl methyl sites for hydroxylation is 2. The van der Waals surface area contributed by atoms with E-state index in [0.717, 1.165) is 19.8 Å². The van der Waals surface area contributed by atoms with Crippen LogP contribution >= 0.6 is 38.6 Å². The molecule has 0 aliphatic carbocycles. The number of thiophene rings is 2. The fourth-order valence-electron chi connectivity index (χ4n) is 1.43. The summed E-state index contributed by atoms with van der Waals surface area (Å²) in [4.78, 5) is 15.0. The van der Waals surface area contributed by atoms with Crippen LogP contribution in [-0.4, -0.2) is 5.78 Å². The van der Waals surface area contributed by atoms with E-state index in [-0.39, 0.29) is 5.78 Å². The van der Waals surface area contributed by atoms with Crippen LogP contribution in [0.5, 0.6) is 0 Å². The molecule has 0 aromatic carbocycles. The van der Waals surface area contributed by atoms with Crippen molar-refractivity contribution in [1.29, 1.82) is 0 Å². The van der Waals surface area contributed by atoms with E-state index in [0.29, 0.717) is 0 Å². The van der Waals surface area contributed by atoms with Gasteiger partial charge < -0.3 is 0 Å². The number of carbonyl (C=O) groups is 1. The van der Waals surface area contributed by atoms with E-state index in [9.17, 15) is 4.79 Å². The van der Waals surface area contributed by atoms with Crippen molar-refractivity contribution in [1.82, 2.24) is 0 Å². The van der Waals surface area contributed by atoms with Gasteiger partial charge in [-0.1, -0.05) is 0 Å². The minimum absolute atomic E-state index is 0.132. The number of hydrogen-bond donors (Lipinski definition) is 0. The normalized spacial score (nSPS) is 10.6. The highest BCUT2D eigenvalue weighted by Crippen LogP contribution is 2.30. The van der Waals surface area contributed by atoms with Crippen molar-refractivity contribution >= 4 is 44.4 Å². The molecule has 2 heterocycles. The Labute approximate surface area is 105 Å². The van der Waals surface area contributed by atoms with Crippen LogP contribution in [0.4, 0.5) is 0 Å². The first kappa shape index (κ1) is 11.0. The fraction of sp³-hybridized carbons (Fsp3) is 0.182. The van der Waals surface area contributed by atoms with Gasteiger partial charge in [-0.15, -0.1) is 22.7 Å². The Morgan fingerprint density at radius 1 is 1.33 bits per heavy atom. The summed E-state index contributed by atoms with van der Waals surface area (Å²) in [7, 11) is 0. The molecule has 0 unspecified atom stereocenters. The molecule has 4 heteroatoms. The SMILES string of the molecule is Cc1cc(C)c(C(=O)c2sccc2Br)s1. The zero-order valence-electron chi connectivity index (χ0n) is 8.33. The second-order valence-corrected chi connectivity index (χ2v) is 6.32. The number of ketones is 1. The highest BCUT2D eigenvalue weighted by Gasteiger charge is 2.17. The predicted molar refractivity (Wildman–Crippen MR) is 69.2 cm³/mol. The first-order valence-electron chi connectivity index (χ1n) is 4.44. The van der Waals surface area contributed by atoms with Gasteiger partial charge in [-0.05, 0) is 52.9 Å². The molecule has 1 nitrogen and oxygen atoms in total. The molecule has 2 aromatic rings. The van der Waals surface area contributed by atoms with Crippen molar-refractivity contribution in [2.75, 3.05) is 0 Å². The van der Waals surface area contributed by atoms with Gasteiger partial charge in [0.2, 0.25) is 5.78 Å². The molecule has 0 saturated carbocycles. The summed E-state index contributed by atoms with van der Waals surface area (Å²) in [5.74, 6) is 0.132. The molecule has 0 amide bonds. The molecule has 2 aromatic heterocycles. The van der Waals surface area contributed by atoms with Gasteiger partial charge in [0.1, 0.15) is 0 Å². The number of rotatable bonds is 2. The van der Waals surface area contributed by atoms with E-state index in [1.807, 2.05) is 25.3 Å². The summed E-state index contributed by atoms with van der Waals surface area (Å²) in [6, 6.07) is 3.97. The average Bonchev–Trinajstić information content (AvgIpc) is 2.71.